The minimum atomic E-state index is -0.629. The third kappa shape index (κ3) is 4.05. The van der Waals surface area contributed by atoms with E-state index < -0.39 is 5.60 Å². The van der Waals surface area contributed by atoms with Crippen LogP contribution in [0, 0.1) is 5.92 Å². The van der Waals surface area contributed by atoms with E-state index in [-0.39, 0.29) is 18.1 Å². The molecule has 5 rings (SSSR count). The fourth-order valence-corrected chi connectivity index (χ4v) is 5.90. The zero-order chi connectivity index (χ0) is 25.1. The van der Waals surface area contributed by atoms with Gasteiger partial charge in [-0.15, -0.1) is 0 Å². The minimum absolute atomic E-state index is 0.0372. The van der Waals surface area contributed by atoms with Gasteiger partial charge in [-0.05, 0) is 69.2 Å². The van der Waals surface area contributed by atoms with Gasteiger partial charge in [0.15, 0.2) is 0 Å². The predicted molar refractivity (Wildman–Crippen MR) is 134 cm³/mol. The summed E-state index contributed by atoms with van der Waals surface area (Å²) in [7, 11) is 3.06. The van der Waals surface area contributed by atoms with Crippen LogP contribution in [0.25, 0.3) is 10.9 Å². The summed E-state index contributed by atoms with van der Waals surface area (Å²) in [5.41, 5.74) is 5.36. The van der Waals surface area contributed by atoms with Gasteiger partial charge in [0.05, 0.1) is 37.0 Å². The Morgan fingerprint density at radius 1 is 1.11 bits per heavy atom. The Bertz CT molecular complexity index is 1280. The first-order chi connectivity index (χ1) is 16.6. The molecule has 0 saturated carbocycles. The molecule has 7 nitrogen and oxygen atoms in total. The Balaban J connectivity index is 1.67. The molecule has 2 aromatic rings. The lowest BCUT2D eigenvalue weighted by Gasteiger charge is -2.43. The summed E-state index contributed by atoms with van der Waals surface area (Å²) < 4.78 is 18.2. The lowest BCUT2D eigenvalue weighted by atomic mass is 9.77. The van der Waals surface area contributed by atoms with E-state index in [1.807, 2.05) is 45.0 Å². The lowest BCUT2D eigenvalue weighted by molar-refractivity contribution is -0.135. The third-order valence-corrected chi connectivity index (χ3v) is 7.27. The normalized spacial score (nSPS) is 22.2. The Morgan fingerprint density at radius 3 is 2.57 bits per heavy atom. The van der Waals surface area contributed by atoms with Gasteiger partial charge in [-0.1, -0.05) is 18.6 Å². The number of esters is 1. The second-order valence-electron chi connectivity index (χ2n) is 10.8. The fourth-order valence-electron chi connectivity index (χ4n) is 5.90. The zero-order valence-corrected chi connectivity index (χ0v) is 21.4. The quantitative estimate of drug-likeness (QED) is 0.555. The summed E-state index contributed by atoms with van der Waals surface area (Å²) >= 11 is 0. The number of hydrogen-bond donors (Lipinski definition) is 0. The molecule has 1 aromatic carbocycles. The Kier molecular flexibility index (Phi) is 5.79. The maximum Gasteiger partial charge on any atom is 0.419 e. The van der Waals surface area contributed by atoms with E-state index in [0.717, 1.165) is 48.1 Å². The SMILES string of the molecule is COC(=O)C1=C[C@@H](C)CC2=C1C[C@@H]1c3c(c4ccc(OC)cc4n3C(=O)OC(C)(C)C)CCN1C2. The number of aromatic nitrogens is 1. The molecule has 7 heteroatoms. The molecule has 1 aromatic heterocycles. The lowest BCUT2D eigenvalue weighted by Crippen LogP contribution is -2.43. The molecule has 0 spiro atoms. The van der Waals surface area contributed by atoms with Crippen LogP contribution in [0.5, 0.6) is 5.75 Å². The number of carbonyl (C=O) groups excluding carboxylic acids is 2. The van der Waals surface area contributed by atoms with Gasteiger partial charge >= 0.3 is 12.1 Å². The molecule has 0 amide bonds. The van der Waals surface area contributed by atoms with Crippen molar-refractivity contribution in [3.63, 3.8) is 0 Å². The van der Waals surface area contributed by atoms with Crippen molar-refractivity contribution in [3.05, 3.63) is 52.3 Å². The van der Waals surface area contributed by atoms with E-state index in [1.165, 1.54) is 18.2 Å². The van der Waals surface area contributed by atoms with Crippen molar-refractivity contribution >= 4 is 23.0 Å². The summed E-state index contributed by atoms with van der Waals surface area (Å²) in [5, 5.41) is 1.05. The molecular formula is C28H34N2O5. The predicted octanol–water partition coefficient (Wildman–Crippen LogP) is 5.17. The van der Waals surface area contributed by atoms with Gasteiger partial charge in [0.2, 0.25) is 0 Å². The van der Waals surface area contributed by atoms with E-state index in [0.29, 0.717) is 23.7 Å². The molecule has 0 N–H and O–H groups in total. The highest BCUT2D eigenvalue weighted by Crippen LogP contribution is 2.47. The summed E-state index contributed by atoms with van der Waals surface area (Å²) in [6.45, 7) is 9.47. The fraction of sp³-hybridized carbons (Fsp3) is 0.500. The number of rotatable bonds is 2. The van der Waals surface area contributed by atoms with Crippen LogP contribution < -0.4 is 4.74 Å². The molecule has 1 aliphatic carbocycles. The van der Waals surface area contributed by atoms with Crippen molar-refractivity contribution < 1.29 is 23.8 Å². The first kappa shape index (κ1) is 23.7. The van der Waals surface area contributed by atoms with Gasteiger partial charge in [0, 0.05) is 24.5 Å². The topological polar surface area (TPSA) is 70.0 Å². The largest absolute Gasteiger partial charge is 0.497 e. The van der Waals surface area contributed by atoms with Crippen molar-refractivity contribution in [2.24, 2.45) is 5.92 Å². The molecule has 0 radical (unpaired) electrons. The highest BCUT2D eigenvalue weighted by Gasteiger charge is 2.41. The number of methoxy groups -OCH3 is 2. The molecule has 3 aliphatic rings. The van der Waals surface area contributed by atoms with Gasteiger partial charge in [0.1, 0.15) is 11.4 Å². The first-order valence-electron chi connectivity index (χ1n) is 12.3. The molecule has 35 heavy (non-hydrogen) atoms. The van der Waals surface area contributed by atoms with Gasteiger partial charge in [-0.25, -0.2) is 14.2 Å². The Hall–Kier alpha value is -3.06. The van der Waals surface area contributed by atoms with Gasteiger partial charge in [0.25, 0.3) is 0 Å². The van der Waals surface area contributed by atoms with Crippen LogP contribution in [-0.4, -0.2) is 54.4 Å². The average Bonchev–Trinajstić information content (AvgIpc) is 3.14. The monoisotopic (exact) mass is 478 g/mol. The van der Waals surface area contributed by atoms with Crippen molar-refractivity contribution in [2.45, 2.75) is 58.6 Å². The van der Waals surface area contributed by atoms with Crippen LogP contribution in [-0.2, 0) is 20.7 Å². The standard InChI is InChI=1S/C28H34N2O5/c1-16-11-17-15-29-10-9-20-19-8-7-18(33-5)13-23(19)30(27(32)35-28(2,3)4)25(20)24(29)14-21(17)22(12-16)26(31)34-6/h7-8,12-13,16,24H,9-11,14-15H2,1-6H3/t16-,24+/m0/s1. The number of hydrogen-bond acceptors (Lipinski definition) is 6. The number of benzene rings is 1. The molecule has 0 fully saturated rings. The van der Waals surface area contributed by atoms with Gasteiger partial charge in [-0.3, -0.25) is 4.90 Å². The number of nitrogens with zero attached hydrogens (tertiary/aromatic N) is 2. The van der Waals surface area contributed by atoms with E-state index in [1.54, 1.807) is 11.7 Å². The maximum atomic E-state index is 13.6. The second-order valence-corrected chi connectivity index (χ2v) is 10.8. The highest BCUT2D eigenvalue weighted by atomic mass is 16.6. The summed E-state index contributed by atoms with van der Waals surface area (Å²) in [5.74, 6) is 0.700. The number of allylic oxidation sites excluding steroid dienone is 1. The smallest absolute Gasteiger partial charge is 0.419 e. The van der Waals surface area contributed by atoms with Crippen molar-refractivity contribution in [1.82, 2.24) is 9.47 Å². The Morgan fingerprint density at radius 2 is 1.89 bits per heavy atom. The molecule has 2 aliphatic heterocycles. The van der Waals surface area contributed by atoms with Crippen LogP contribution in [0.1, 0.15) is 57.8 Å². The number of ether oxygens (including phenoxy) is 3. The van der Waals surface area contributed by atoms with E-state index in [9.17, 15) is 9.59 Å². The van der Waals surface area contributed by atoms with Gasteiger partial charge < -0.3 is 14.2 Å². The van der Waals surface area contributed by atoms with E-state index in [2.05, 4.69) is 11.8 Å². The summed E-state index contributed by atoms with van der Waals surface area (Å²) in [6.07, 6.45) is 4.10. The zero-order valence-electron chi connectivity index (χ0n) is 21.4. The molecule has 0 unspecified atom stereocenters. The Labute approximate surface area is 206 Å². The molecular weight excluding hydrogens is 444 g/mol. The molecule has 0 bridgehead atoms. The van der Waals surface area contributed by atoms with Crippen molar-refractivity contribution in [1.29, 1.82) is 0 Å². The summed E-state index contributed by atoms with van der Waals surface area (Å²) in [6, 6.07) is 5.86. The highest BCUT2D eigenvalue weighted by molar-refractivity contribution is 5.96. The minimum Gasteiger partial charge on any atom is -0.497 e. The molecule has 186 valence electrons. The molecule has 2 atom stereocenters. The van der Waals surface area contributed by atoms with Crippen LogP contribution in [0.4, 0.5) is 4.79 Å². The van der Waals surface area contributed by atoms with Crippen LogP contribution in [0.2, 0.25) is 0 Å². The van der Waals surface area contributed by atoms with Gasteiger partial charge in [-0.2, -0.15) is 0 Å². The maximum absolute atomic E-state index is 13.6. The second kappa shape index (κ2) is 8.55. The third-order valence-electron chi connectivity index (χ3n) is 7.27. The first-order valence-corrected chi connectivity index (χ1v) is 12.3. The summed E-state index contributed by atoms with van der Waals surface area (Å²) in [4.78, 5) is 28.7. The van der Waals surface area contributed by atoms with Crippen LogP contribution in [0.15, 0.2) is 41.0 Å². The molecule has 0 saturated heterocycles. The van der Waals surface area contributed by atoms with Crippen molar-refractivity contribution in [2.75, 3.05) is 27.3 Å². The van der Waals surface area contributed by atoms with E-state index >= 15 is 0 Å². The van der Waals surface area contributed by atoms with Crippen LogP contribution >= 0.6 is 0 Å². The number of fused-ring (bicyclic) bond motifs is 5. The average molecular weight is 479 g/mol. The number of carbonyl (C=O) groups is 2. The van der Waals surface area contributed by atoms with E-state index in [4.69, 9.17) is 14.2 Å². The molecule has 3 heterocycles. The van der Waals surface area contributed by atoms with Crippen molar-refractivity contribution in [3.8, 4) is 5.75 Å². The van der Waals surface area contributed by atoms with Crippen LogP contribution in [0.3, 0.4) is 0 Å².